The predicted octanol–water partition coefficient (Wildman–Crippen LogP) is 6.99. The zero-order chi connectivity index (χ0) is 15.3. The molecule has 0 spiro atoms. The number of rotatable bonds is 13. The predicted molar refractivity (Wildman–Crippen MR) is 96.5 cm³/mol. The first-order valence-electron chi connectivity index (χ1n) is 8.92. The Morgan fingerprint density at radius 3 is 2.14 bits per heavy atom. The minimum absolute atomic E-state index is 1.11. The molecule has 0 aliphatic heterocycles. The van der Waals surface area contributed by atoms with Gasteiger partial charge in [0.15, 0.2) is 0 Å². The zero-order valence-electron chi connectivity index (χ0n) is 14.1. The Hall–Kier alpha value is -0.240. The molecule has 0 radical (unpaired) electrons. The van der Waals surface area contributed by atoms with E-state index in [9.17, 15) is 0 Å². The summed E-state index contributed by atoms with van der Waals surface area (Å²) >= 11 is 3.49. The third-order valence-electron chi connectivity index (χ3n) is 4.14. The van der Waals surface area contributed by atoms with E-state index in [0.717, 1.165) is 18.2 Å². The molecule has 1 aromatic rings. The van der Waals surface area contributed by atoms with Gasteiger partial charge in [-0.1, -0.05) is 67.8 Å². The largest absolute Gasteiger partial charge is 0.466 e. The summed E-state index contributed by atoms with van der Waals surface area (Å²) in [5, 5.41) is 1.16. The summed E-state index contributed by atoms with van der Waals surface area (Å²) < 4.78 is 6.02. The summed E-state index contributed by atoms with van der Waals surface area (Å²) in [5.41, 5.74) is 1.36. The van der Waals surface area contributed by atoms with Gasteiger partial charge in [-0.25, -0.2) is 0 Å². The molecular formula is C19H33BrO. The first-order valence-corrected chi connectivity index (χ1v) is 10.0. The molecule has 1 rings (SSSR count). The lowest BCUT2D eigenvalue weighted by Gasteiger charge is -2.01. The number of unbranched alkanes of at least 4 members (excludes halogenated alkanes) is 8. The summed E-state index contributed by atoms with van der Waals surface area (Å²) in [7, 11) is 0. The lowest BCUT2D eigenvalue weighted by molar-refractivity contribution is 0.445. The van der Waals surface area contributed by atoms with Crippen molar-refractivity contribution < 1.29 is 4.42 Å². The maximum absolute atomic E-state index is 6.02. The van der Waals surface area contributed by atoms with Gasteiger partial charge in [-0.15, -0.1) is 0 Å². The Morgan fingerprint density at radius 2 is 1.48 bits per heavy atom. The van der Waals surface area contributed by atoms with Crippen LogP contribution in [0.25, 0.3) is 0 Å². The number of aryl methyl sites for hydroxylation is 3. The number of hydrogen-bond acceptors (Lipinski definition) is 1. The van der Waals surface area contributed by atoms with E-state index in [4.69, 9.17) is 4.42 Å². The maximum atomic E-state index is 6.02. The van der Waals surface area contributed by atoms with Crippen molar-refractivity contribution in [3.63, 3.8) is 0 Å². The number of halogens is 1. The van der Waals surface area contributed by atoms with E-state index in [1.807, 2.05) is 0 Å². The molecule has 2 heteroatoms. The van der Waals surface area contributed by atoms with Gasteiger partial charge in [-0.05, 0) is 37.8 Å². The van der Waals surface area contributed by atoms with Crippen LogP contribution in [0, 0.1) is 6.92 Å². The molecule has 0 atom stereocenters. The molecule has 122 valence electrons. The van der Waals surface area contributed by atoms with E-state index in [1.165, 1.54) is 81.3 Å². The van der Waals surface area contributed by atoms with Gasteiger partial charge in [-0.3, -0.25) is 0 Å². The summed E-state index contributed by atoms with van der Waals surface area (Å²) in [4.78, 5) is 0. The Balaban J connectivity index is 2.11. The Labute approximate surface area is 140 Å². The van der Waals surface area contributed by atoms with Crippen LogP contribution in [0.2, 0.25) is 0 Å². The second-order valence-corrected chi connectivity index (χ2v) is 6.98. The monoisotopic (exact) mass is 356 g/mol. The SMILES string of the molecule is CCCCCc1cc(C)c(CCCCCCCCCBr)o1. The van der Waals surface area contributed by atoms with E-state index < -0.39 is 0 Å². The standard InChI is InChI=1S/C19H33BrO/c1-3-4-10-13-18-16-17(2)19(21-18)14-11-8-6-5-7-9-12-15-20/h16H,3-15H2,1-2H3. The van der Waals surface area contributed by atoms with Gasteiger partial charge in [0.1, 0.15) is 11.5 Å². The lowest BCUT2D eigenvalue weighted by Crippen LogP contribution is -1.87. The molecule has 0 saturated carbocycles. The molecule has 1 nitrogen and oxygen atoms in total. The Morgan fingerprint density at radius 1 is 0.857 bits per heavy atom. The average Bonchev–Trinajstić information content (AvgIpc) is 2.82. The number of hydrogen-bond donors (Lipinski definition) is 0. The second-order valence-electron chi connectivity index (χ2n) is 6.19. The van der Waals surface area contributed by atoms with Crippen LogP contribution in [0.15, 0.2) is 10.5 Å². The van der Waals surface area contributed by atoms with Crippen LogP contribution in [0.5, 0.6) is 0 Å². The molecule has 0 amide bonds. The summed E-state index contributed by atoms with van der Waals surface area (Å²) in [6.45, 7) is 4.45. The van der Waals surface area contributed by atoms with E-state index in [1.54, 1.807) is 0 Å². The summed E-state index contributed by atoms with van der Waals surface area (Å²) in [6.07, 6.45) is 15.6. The van der Waals surface area contributed by atoms with Crippen LogP contribution < -0.4 is 0 Å². The molecule has 0 fully saturated rings. The van der Waals surface area contributed by atoms with Crippen LogP contribution in [0.1, 0.15) is 88.2 Å². The first-order chi connectivity index (χ1) is 10.3. The van der Waals surface area contributed by atoms with Crippen molar-refractivity contribution in [1.29, 1.82) is 0 Å². The van der Waals surface area contributed by atoms with Crippen LogP contribution in [0.3, 0.4) is 0 Å². The molecule has 0 saturated heterocycles. The van der Waals surface area contributed by atoms with E-state index >= 15 is 0 Å². The van der Waals surface area contributed by atoms with E-state index in [2.05, 4.69) is 35.8 Å². The molecule has 0 aromatic carbocycles. The molecule has 0 N–H and O–H groups in total. The van der Waals surface area contributed by atoms with Crippen LogP contribution in [0.4, 0.5) is 0 Å². The van der Waals surface area contributed by atoms with Gasteiger partial charge in [0.05, 0.1) is 0 Å². The lowest BCUT2D eigenvalue weighted by atomic mass is 10.1. The highest BCUT2D eigenvalue weighted by Gasteiger charge is 2.07. The molecule has 1 heterocycles. The van der Waals surface area contributed by atoms with Crippen molar-refractivity contribution in [1.82, 2.24) is 0 Å². The second kappa shape index (κ2) is 12.3. The minimum atomic E-state index is 1.11. The zero-order valence-corrected chi connectivity index (χ0v) is 15.6. The van der Waals surface area contributed by atoms with Crippen molar-refractivity contribution in [3.8, 4) is 0 Å². The first kappa shape index (κ1) is 18.8. The quantitative estimate of drug-likeness (QED) is 0.274. The molecular weight excluding hydrogens is 324 g/mol. The number of alkyl halides is 1. The van der Waals surface area contributed by atoms with Crippen molar-refractivity contribution in [2.24, 2.45) is 0 Å². The van der Waals surface area contributed by atoms with Crippen molar-refractivity contribution in [2.45, 2.75) is 90.9 Å². The molecule has 0 aliphatic carbocycles. The van der Waals surface area contributed by atoms with Gasteiger partial charge in [0, 0.05) is 18.2 Å². The highest BCUT2D eigenvalue weighted by atomic mass is 79.9. The fourth-order valence-electron chi connectivity index (χ4n) is 2.77. The Bertz CT molecular complexity index is 356. The summed E-state index contributed by atoms with van der Waals surface area (Å²) in [6, 6.07) is 2.26. The Kier molecular flexibility index (Phi) is 11.0. The fraction of sp³-hybridized carbons (Fsp3) is 0.789. The highest BCUT2D eigenvalue weighted by Crippen LogP contribution is 2.19. The van der Waals surface area contributed by atoms with E-state index in [0.29, 0.717) is 0 Å². The van der Waals surface area contributed by atoms with Crippen LogP contribution in [-0.2, 0) is 12.8 Å². The van der Waals surface area contributed by atoms with Crippen molar-refractivity contribution in [2.75, 3.05) is 5.33 Å². The van der Waals surface area contributed by atoms with Gasteiger partial charge < -0.3 is 4.42 Å². The van der Waals surface area contributed by atoms with Crippen molar-refractivity contribution in [3.05, 3.63) is 23.2 Å². The van der Waals surface area contributed by atoms with Crippen molar-refractivity contribution >= 4 is 15.9 Å². The summed E-state index contributed by atoms with van der Waals surface area (Å²) in [5.74, 6) is 2.44. The van der Waals surface area contributed by atoms with Crippen LogP contribution in [-0.4, -0.2) is 5.33 Å². The van der Waals surface area contributed by atoms with Gasteiger partial charge in [0.25, 0.3) is 0 Å². The van der Waals surface area contributed by atoms with Crippen LogP contribution >= 0.6 is 15.9 Å². The van der Waals surface area contributed by atoms with E-state index in [-0.39, 0.29) is 0 Å². The molecule has 0 aliphatic rings. The van der Waals surface area contributed by atoms with Gasteiger partial charge >= 0.3 is 0 Å². The van der Waals surface area contributed by atoms with Gasteiger partial charge in [-0.2, -0.15) is 0 Å². The third-order valence-corrected chi connectivity index (χ3v) is 4.70. The molecule has 0 unspecified atom stereocenters. The topological polar surface area (TPSA) is 13.1 Å². The highest BCUT2D eigenvalue weighted by molar-refractivity contribution is 9.09. The van der Waals surface area contributed by atoms with Gasteiger partial charge in [0.2, 0.25) is 0 Å². The average molecular weight is 357 g/mol. The third kappa shape index (κ3) is 8.70. The fourth-order valence-corrected chi connectivity index (χ4v) is 3.17. The minimum Gasteiger partial charge on any atom is -0.466 e. The molecule has 1 aromatic heterocycles. The normalized spacial score (nSPS) is 11.2. The maximum Gasteiger partial charge on any atom is 0.107 e. The smallest absolute Gasteiger partial charge is 0.107 e. The molecule has 21 heavy (non-hydrogen) atoms. The number of furan rings is 1. The molecule has 0 bridgehead atoms.